The number of ether oxygens (including phenoxy) is 1. The SMILES string of the molecule is CCN1CCC(CN2c3ccccc3C(N)N(C3CCN(Cc4c(OC)cccc4N(C)C)CC3)C2N)C1. The Morgan fingerprint density at radius 3 is 2.37 bits per heavy atom. The molecule has 8 nitrogen and oxygen atoms in total. The van der Waals surface area contributed by atoms with Crippen molar-refractivity contribution < 1.29 is 4.74 Å². The van der Waals surface area contributed by atoms with Gasteiger partial charge in [0.15, 0.2) is 0 Å². The molecule has 2 aromatic carbocycles. The van der Waals surface area contributed by atoms with Crippen molar-refractivity contribution in [3.8, 4) is 5.75 Å². The number of nitrogens with two attached hydrogens (primary N) is 2. The normalized spacial score (nSPS) is 25.5. The van der Waals surface area contributed by atoms with E-state index in [9.17, 15) is 0 Å². The van der Waals surface area contributed by atoms with E-state index in [1.807, 2.05) is 0 Å². The maximum Gasteiger partial charge on any atom is 0.136 e. The minimum Gasteiger partial charge on any atom is -0.496 e. The van der Waals surface area contributed by atoms with Crippen LogP contribution in [0.15, 0.2) is 42.5 Å². The largest absolute Gasteiger partial charge is 0.496 e. The van der Waals surface area contributed by atoms with Crippen LogP contribution in [0.1, 0.15) is 43.5 Å². The summed E-state index contributed by atoms with van der Waals surface area (Å²) in [5.74, 6) is 1.60. The van der Waals surface area contributed by atoms with E-state index < -0.39 is 0 Å². The van der Waals surface area contributed by atoms with E-state index in [2.05, 4.69) is 88.0 Å². The Morgan fingerprint density at radius 1 is 0.947 bits per heavy atom. The van der Waals surface area contributed by atoms with Gasteiger partial charge in [-0.05, 0) is 69.6 Å². The quantitative estimate of drug-likeness (QED) is 0.549. The van der Waals surface area contributed by atoms with Crippen LogP contribution in [-0.2, 0) is 6.54 Å². The molecule has 208 valence electrons. The van der Waals surface area contributed by atoms with Gasteiger partial charge in [-0.15, -0.1) is 0 Å². The first-order chi connectivity index (χ1) is 18.4. The van der Waals surface area contributed by atoms with Gasteiger partial charge in [-0.2, -0.15) is 0 Å². The minimum atomic E-state index is -0.207. The molecule has 0 amide bonds. The highest BCUT2D eigenvalue weighted by atomic mass is 16.5. The Balaban J connectivity index is 1.30. The Hall–Kier alpha value is -2.36. The maximum absolute atomic E-state index is 7.08. The summed E-state index contributed by atoms with van der Waals surface area (Å²) in [6.45, 7) is 9.62. The molecular weight excluding hydrogens is 474 g/mol. The lowest BCUT2D eigenvalue weighted by atomic mass is 9.96. The van der Waals surface area contributed by atoms with E-state index in [1.54, 1.807) is 7.11 Å². The first kappa shape index (κ1) is 27.2. The van der Waals surface area contributed by atoms with Gasteiger partial charge in [0.2, 0.25) is 0 Å². The van der Waals surface area contributed by atoms with Crippen LogP contribution in [0, 0.1) is 5.92 Å². The van der Waals surface area contributed by atoms with E-state index in [4.69, 9.17) is 16.2 Å². The second-order valence-electron chi connectivity index (χ2n) is 11.4. The van der Waals surface area contributed by atoms with Crippen LogP contribution in [-0.4, -0.2) is 87.5 Å². The van der Waals surface area contributed by atoms with Crippen LogP contribution < -0.4 is 26.0 Å². The van der Waals surface area contributed by atoms with Crippen molar-refractivity contribution in [3.05, 3.63) is 53.6 Å². The third-order valence-corrected chi connectivity index (χ3v) is 8.95. The van der Waals surface area contributed by atoms with Crippen LogP contribution >= 0.6 is 0 Å². The summed E-state index contributed by atoms with van der Waals surface area (Å²) in [7, 11) is 5.95. The number of likely N-dealkylation sites (tertiary alicyclic amines) is 2. The number of rotatable bonds is 8. The number of nitrogens with zero attached hydrogens (tertiary/aromatic N) is 5. The summed E-state index contributed by atoms with van der Waals surface area (Å²) in [6.07, 6.45) is 2.95. The zero-order chi connectivity index (χ0) is 26.8. The fourth-order valence-electron chi connectivity index (χ4n) is 6.83. The van der Waals surface area contributed by atoms with E-state index in [0.29, 0.717) is 12.0 Å². The first-order valence-electron chi connectivity index (χ1n) is 14.3. The Kier molecular flexibility index (Phi) is 8.45. The lowest BCUT2D eigenvalue weighted by molar-refractivity contribution is 0.0274. The minimum absolute atomic E-state index is 0.181. The molecular formula is C30H47N7O. The molecule has 3 aliphatic heterocycles. The second-order valence-corrected chi connectivity index (χ2v) is 11.4. The maximum atomic E-state index is 7.08. The molecule has 8 heteroatoms. The van der Waals surface area contributed by atoms with Gasteiger partial charge in [0, 0.05) is 62.3 Å². The average Bonchev–Trinajstić information content (AvgIpc) is 3.40. The van der Waals surface area contributed by atoms with Crippen molar-refractivity contribution >= 4 is 11.4 Å². The fraction of sp³-hybridized carbons (Fsp3) is 0.600. The fourth-order valence-corrected chi connectivity index (χ4v) is 6.83. The lowest BCUT2D eigenvalue weighted by Crippen LogP contribution is -2.65. The van der Waals surface area contributed by atoms with Crippen LogP contribution in [0.4, 0.5) is 11.4 Å². The van der Waals surface area contributed by atoms with Crippen LogP contribution in [0.2, 0.25) is 0 Å². The number of methoxy groups -OCH3 is 1. The smallest absolute Gasteiger partial charge is 0.136 e. The Labute approximate surface area is 229 Å². The topological polar surface area (TPSA) is 77.5 Å². The van der Waals surface area contributed by atoms with Crippen LogP contribution in [0.3, 0.4) is 0 Å². The molecule has 0 saturated carbocycles. The third-order valence-electron chi connectivity index (χ3n) is 8.95. The predicted octanol–water partition coefficient (Wildman–Crippen LogP) is 3.09. The molecule has 0 bridgehead atoms. The molecule has 4 N–H and O–H groups in total. The summed E-state index contributed by atoms with van der Waals surface area (Å²) in [4.78, 5) is 12.1. The number of fused-ring (bicyclic) bond motifs is 1. The van der Waals surface area contributed by atoms with Crippen molar-refractivity contribution in [2.24, 2.45) is 17.4 Å². The van der Waals surface area contributed by atoms with Gasteiger partial charge < -0.3 is 25.2 Å². The molecule has 0 radical (unpaired) electrons. The zero-order valence-electron chi connectivity index (χ0n) is 23.7. The van der Waals surface area contributed by atoms with E-state index >= 15 is 0 Å². The molecule has 3 atom stereocenters. The average molecular weight is 522 g/mol. The number of anilines is 2. The number of piperidine rings is 1. The zero-order valence-corrected chi connectivity index (χ0v) is 23.7. The van der Waals surface area contributed by atoms with Crippen molar-refractivity contribution in [1.82, 2.24) is 14.7 Å². The van der Waals surface area contributed by atoms with Crippen molar-refractivity contribution in [2.45, 2.75) is 51.2 Å². The van der Waals surface area contributed by atoms with Crippen molar-refractivity contribution in [3.63, 3.8) is 0 Å². The predicted molar refractivity (Wildman–Crippen MR) is 156 cm³/mol. The van der Waals surface area contributed by atoms with Gasteiger partial charge in [0.1, 0.15) is 12.0 Å². The van der Waals surface area contributed by atoms with E-state index in [0.717, 1.165) is 57.9 Å². The van der Waals surface area contributed by atoms with Crippen molar-refractivity contribution in [1.29, 1.82) is 0 Å². The Bertz CT molecular complexity index is 1070. The highest BCUT2D eigenvalue weighted by molar-refractivity contribution is 5.59. The summed E-state index contributed by atoms with van der Waals surface area (Å²) in [5, 5.41) is 0. The van der Waals surface area contributed by atoms with Gasteiger partial charge in [0.05, 0.1) is 13.3 Å². The van der Waals surface area contributed by atoms with Gasteiger partial charge in [-0.1, -0.05) is 31.2 Å². The van der Waals surface area contributed by atoms with E-state index in [-0.39, 0.29) is 12.5 Å². The van der Waals surface area contributed by atoms with Gasteiger partial charge in [-0.25, -0.2) is 4.90 Å². The second kappa shape index (κ2) is 11.8. The molecule has 0 aromatic heterocycles. The number of benzene rings is 2. The molecule has 3 unspecified atom stereocenters. The van der Waals surface area contributed by atoms with Crippen LogP contribution in [0.5, 0.6) is 5.75 Å². The molecule has 2 aromatic rings. The highest BCUT2D eigenvalue weighted by Crippen LogP contribution is 2.39. The molecule has 0 spiro atoms. The molecule has 0 aliphatic carbocycles. The summed E-state index contributed by atoms with van der Waals surface area (Å²) < 4.78 is 5.73. The van der Waals surface area contributed by atoms with Crippen LogP contribution in [0.25, 0.3) is 0 Å². The monoisotopic (exact) mass is 521 g/mol. The molecule has 2 fully saturated rings. The summed E-state index contributed by atoms with van der Waals surface area (Å²) in [5.41, 5.74) is 18.9. The first-order valence-corrected chi connectivity index (χ1v) is 14.3. The summed E-state index contributed by atoms with van der Waals surface area (Å²) in [6, 6.07) is 15.3. The van der Waals surface area contributed by atoms with Gasteiger partial charge in [-0.3, -0.25) is 10.6 Å². The van der Waals surface area contributed by atoms with Gasteiger partial charge >= 0.3 is 0 Å². The van der Waals surface area contributed by atoms with Gasteiger partial charge in [0.25, 0.3) is 0 Å². The molecule has 38 heavy (non-hydrogen) atoms. The molecule has 3 heterocycles. The van der Waals surface area contributed by atoms with E-state index in [1.165, 1.54) is 35.5 Å². The summed E-state index contributed by atoms with van der Waals surface area (Å²) >= 11 is 0. The third kappa shape index (κ3) is 5.38. The standard InChI is InChI=1S/C30H47N7O/c1-5-34-16-13-22(19-34)20-36-27-10-7-6-9-24(27)29(31)37(30(36)32)23-14-17-35(18-15-23)21-25-26(33(2)3)11-8-12-28(25)38-4/h6-12,22-23,29-30H,5,13-21,31-32H2,1-4H3. The van der Waals surface area contributed by atoms with Crippen molar-refractivity contribution in [2.75, 3.05) is 70.3 Å². The molecule has 5 rings (SSSR count). The molecule has 3 aliphatic rings. The number of hydrogen-bond donors (Lipinski definition) is 2. The highest BCUT2D eigenvalue weighted by Gasteiger charge is 2.41. The molecule has 2 saturated heterocycles. The lowest BCUT2D eigenvalue weighted by Gasteiger charge is -2.52. The number of hydrogen-bond acceptors (Lipinski definition) is 8. The number of para-hydroxylation sites is 1. The Morgan fingerprint density at radius 2 is 1.68 bits per heavy atom.